The van der Waals surface area contributed by atoms with Gasteiger partial charge in [-0.1, -0.05) is 47.2 Å². The zero-order valence-corrected chi connectivity index (χ0v) is 19.0. The van der Waals surface area contributed by atoms with E-state index in [1.807, 2.05) is 34.6 Å². The molecule has 0 bridgehead atoms. The van der Waals surface area contributed by atoms with Crippen LogP contribution in [0.1, 0.15) is 65.0 Å². The molecule has 154 valence electrons. The number of allylic oxidation sites excluding steroid dienone is 2. The van der Waals surface area contributed by atoms with Gasteiger partial charge < -0.3 is 9.84 Å². The molecule has 0 saturated heterocycles. The lowest BCUT2D eigenvalue weighted by Gasteiger charge is -2.24. The number of hydrogen-bond donors (Lipinski definition) is 1. The van der Waals surface area contributed by atoms with Crippen molar-refractivity contribution in [1.82, 2.24) is 0 Å². The number of ether oxygens (including phenoxy) is 1. The molecule has 0 amide bonds. The average molecular weight is 403 g/mol. The molecule has 1 aromatic carbocycles. The van der Waals surface area contributed by atoms with Crippen molar-refractivity contribution in [2.45, 2.75) is 72.5 Å². The molecule has 1 aromatic rings. The third-order valence-corrected chi connectivity index (χ3v) is 6.62. The molecule has 3 nitrogen and oxygen atoms in total. The van der Waals surface area contributed by atoms with Gasteiger partial charge >= 0.3 is 5.97 Å². The number of aryl methyl sites for hydroxylation is 1. The van der Waals surface area contributed by atoms with E-state index in [2.05, 4.69) is 24.8 Å². The Labute approximate surface area is 172 Å². The summed E-state index contributed by atoms with van der Waals surface area (Å²) in [5.74, 6) is -0.455. The molecule has 4 heteroatoms. The minimum atomic E-state index is -0.934. The van der Waals surface area contributed by atoms with Gasteiger partial charge in [0.25, 0.3) is 0 Å². The molecule has 0 aromatic heterocycles. The fourth-order valence-corrected chi connectivity index (χ4v) is 4.93. The number of aliphatic carboxylic acids is 1. The van der Waals surface area contributed by atoms with Gasteiger partial charge in [-0.2, -0.15) is 0 Å². The molecular weight excluding hydrogens is 367 g/mol. The van der Waals surface area contributed by atoms with Crippen molar-refractivity contribution < 1.29 is 14.6 Å². The first-order chi connectivity index (χ1) is 13.4. The smallest absolute Gasteiger partial charge is 0.337 e. The van der Waals surface area contributed by atoms with Crippen LogP contribution in [0.5, 0.6) is 0 Å². The first kappa shape index (κ1) is 22.8. The topological polar surface area (TPSA) is 46.5 Å². The second-order valence-corrected chi connectivity index (χ2v) is 9.06. The van der Waals surface area contributed by atoms with E-state index in [4.69, 9.17) is 4.74 Å². The lowest BCUT2D eigenvalue weighted by molar-refractivity contribution is -0.150. The Morgan fingerprint density at radius 3 is 2.54 bits per heavy atom. The van der Waals surface area contributed by atoms with E-state index in [0.717, 1.165) is 50.1 Å². The van der Waals surface area contributed by atoms with E-state index >= 15 is 0 Å². The molecule has 2 atom stereocenters. The molecule has 1 saturated carbocycles. The van der Waals surface area contributed by atoms with Crippen molar-refractivity contribution in [3.8, 4) is 0 Å². The minimum Gasteiger partial charge on any atom is -0.479 e. The van der Waals surface area contributed by atoms with Crippen LogP contribution < -0.4 is 5.30 Å². The maximum atomic E-state index is 11.9. The van der Waals surface area contributed by atoms with Crippen LogP contribution in [0.3, 0.4) is 0 Å². The molecular formula is C24H35O3P. The molecule has 3 rings (SSSR count). The van der Waals surface area contributed by atoms with E-state index in [9.17, 15) is 9.90 Å². The number of carbonyl (C=O) groups is 1. The standard InChI is InChI=1S/C22H29O3P.C2H6/c1-13(2)25-21(22(23)24)15(4)20(14(3)16-7-8-16)18-9-10-19-17(12-18)6-5-11-26-19;1-2/h9-10,12-13,16,21,26H,3,5-8,11H2,1-2,4H3,(H,23,24);1-2H3/b20-15-;. The summed E-state index contributed by atoms with van der Waals surface area (Å²) in [6.07, 6.45) is 4.85. The Hall–Kier alpha value is -1.44. The van der Waals surface area contributed by atoms with Crippen LogP contribution in [0.25, 0.3) is 5.57 Å². The van der Waals surface area contributed by atoms with E-state index in [1.54, 1.807) is 0 Å². The van der Waals surface area contributed by atoms with Gasteiger partial charge in [0.1, 0.15) is 0 Å². The fourth-order valence-electron chi connectivity index (χ4n) is 3.68. The van der Waals surface area contributed by atoms with Crippen LogP contribution in [0, 0.1) is 5.92 Å². The van der Waals surface area contributed by atoms with Gasteiger partial charge in [0.15, 0.2) is 6.10 Å². The Morgan fingerprint density at radius 1 is 1.29 bits per heavy atom. The molecule has 0 spiro atoms. The minimum absolute atomic E-state index is 0.147. The number of fused-ring (bicyclic) bond motifs is 1. The lowest BCUT2D eigenvalue weighted by atomic mass is 9.88. The first-order valence-electron chi connectivity index (χ1n) is 10.5. The first-order valence-corrected chi connectivity index (χ1v) is 11.7. The normalized spacial score (nSPS) is 18.6. The van der Waals surface area contributed by atoms with Crippen molar-refractivity contribution in [2.75, 3.05) is 6.16 Å². The molecule has 1 aliphatic carbocycles. The quantitative estimate of drug-likeness (QED) is 0.478. The summed E-state index contributed by atoms with van der Waals surface area (Å²) in [6, 6.07) is 6.65. The van der Waals surface area contributed by atoms with Crippen LogP contribution in [-0.2, 0) is 16.0 Å². The van der Waals surface area contributed by atoms with Crippen LogP contribution >= 0.6 is 8.58 Å². The summed E-state index contributed by atoms with van der Waals surface area (Å²) in [6.45, 7) is 14.0. The van der Waals surface area contributed by atoms with Gasteiger partial charge in [0.05, 0.1) is 6.10 Å². The van der Waals surface area contributed by atoms with Gasteiger partial charge in [0, 0.05) is 0 Å². The van der Waals surface area contributed by atoms with Crippen LogP contribution in [0.15, 0.2) is 35.9 Å². The summed E-state index contributed by atoms with van der Waals surface area (Å²) < 4.78 is 5.74. The maximum Gasteiger partial charge on any atom is 0.337 e. The molecule has 2 unspecified atom stereocenters. The van der Waals surface area contributed by atoms with Gasteiger partial charge in [-0.05, 0) is 91.7 Å². The molecule has 1 fully saturated rings. The monoisotopic (exact) mass is 402 g/mol. The van der Waals surface area contributed by atoms with E-state index in [1.165, 1.54) is 23.5 Å². The van der Waals surface area contributed by atoms with Crippen molar-refractivity contribution in [1.29, 1.82) is 0 Å². The molecule has 1 aliphatic heterocycles. The van der Waals surface area contributed by atoms with Gasteiger partial charge in [0.2, 0.25) is 0 Å². The third-order valence-electron chi connectivity index (χ3n) is 5.14. The van der Waals surface area contributed by atoms with Gasteiger partial charge in [-0.3, -0.25) is 0 Å². The lowest BCUT2D eigenvalue weighted by Crippen LogP contribution is -2.29. The molecule has 2 aliphatic rings. The molecule has 0 radical (unpaired) electrons. The number of carboxylic acid groups (broad SMARTS) is 1. The maximum absolute atomic E-state index is 11.9. The zero-order chi connectivity index (χ0) is 20.8. The van der Waals surface area contributed by atoms with Crippen LogP contribution in [0.4, 0.5) is 0 Å². The number of carboxylic acids is 1. The Balaban J connectivity index is 0.00000136. The third kappa shape index (κ3) is 5.55. The molecule has 1 heterocycles. The largest absolute Gasteiger partial charge is 0.479 e. The highest BCUT2D eigenvalue weighted by atomic mass is 31.1. The summed E-state index contributed by atoms with van der Waals surface area (Å²) in [7, 11) is 0.890. The van der Waals surface area contributed by atoms with E-state index in [0.29, 0.717) is 5.92 Å². The number of rotatable bonds is 7. The van der Waals surface area contributed by atoms with Crippen LogP contribution in [0.2, 0.25) is 0 Å². The predicted octanol–water partition coefficient (Wildman–Crippen LogP) is 5.58. The Morgan fingerprint density at radius 2 is 1.96 bits per heavy atom. The van der Waals surface area contributed by atoms with Gasteiger partial charge in [-0.25, -0.2) is 4.79 Å². The highest BCUT2D eigenvalue weighted by molar-refractivity contribution is 7.47. The SMILES string of the molecule is C=C(/C(=C(\C)C(OC(C)C)C(=O)O)c1ccc2c(c1)CCCP2)C1CC1.CC. The highest BCUT2D eigenvalue weighted by Crippen LogP contribution is 2.44. The second-order valence-electron chi connectivity index (χ2n) is 7.66. The highest BCUT2D eigenvalue weighted by Gasteiger charge is 2.32. The van der Waals surface area contributed by atoms with E-state index < -0.39 is 12.1 Å². The summed E-state index contributed by atoms with van der Waals surface area (Å²) in [5, 5.41) is 11.2. The summed E-state index contributed by atoms with van der Waals surface area (Å²) in [5.41, 5.74) is 5.35. The predicted molar refractivity (Wildman–Crippen MR) is 121 cm³/mol. The zero-order valence-electron chi connectivity index (χ0n) is 18.0. The fraction of sp³-hybridized carbons (Fsp3) is 0.542. The van der Waals surface area contributed by atoms with E-state index in [-0.39, 0.29) is 6.10 Å². The molecule has 28 heavy (non-hydrogen) atoms. The Bertz CT molecular complexity index is 744. The average Bonchev–Trinajstić information content (AvgIpc) is 3.52. The second kappa shape index (κ2) is 10.4. The summed E-state index contributed by atoms with van der Waals surface area (Å²) >= 11 is 0. The van der Waals surface area contributed by atoms with Crippen molar-refractivity contribution in [3.63, 3.8) is 0 Å². The Kier molecular flexibility index (Phi) is 8.46. The summed E-state index contributed by atoms with van der Waals surface area (Å²) in [4.78, 5) is 11.9. The van der Waals surface area contributed by atoms with Crippen LogP contribution in [-0.4, -0.2) is 29.4 Å². The van der Waals surface area contributed by atoms with Crippen molar-refractivity contribution in [2.24, 2.45) is 5.92 Å². The number of hydrogen-bond acceptors (Lipinski definition) is 2. The van der Waals surface area contributed by atoms with Crippen molar-refractivity contribution in [3.05, 3.63) is 47.1 Å². The number of benzene rings is 1. The van der Waals surface area contributed by atoms with Crippen molar-refractivity contribution >= 4 is 25.4 Å². The molecule has 1 N–H and O–H groups in total. The van der Waals surface area contributed by atoms with Gasteiger partial charge in [-0.15, -0.1) is 0 Å².